The van der Waals surface area contributed by atoms with E-state index in [4.69, 9.17) is 11.3 Å². The molecule has 0 amide bonds. The van der Waals surface area contributed by atoms with E-state index in [0.29, 0.717) is 30.8 Å². The molecule has 0 heterocycles. The molecule has 2 aliphatic rings. The number of hydrogen-bond donors (Lipinski definition) is 2. The second-order valence-electron chi connectivity index (χ2n) is 9.16. The van der Waals surface area contributed by atoms with E-state index in [-0.39, 0.29) is 56.0 Å². The molecule has 0 aromatic heterocycles. The molecule has 31 heavy (non-hydrogen) atoms. The zero-order chi connectivity index (χ0) is 21.7. The van der Waals surface area contributed by atoms with Gasteiger partial charge in [0, 0.05) is 57.1 Å². The third-order valence-electron chi connectivity index (χ3n) is 7.19. The van der Waals surface area contributed by atoms with Crippen molar-refractivity contribution in [2.45, 2.75) is 82.5 Å². The molecule has 1 aromatic rings. The van der Waals surface area contributed by atoms with Crippen LogP contribution < -0.4 is 0 Å². The van der Waals surface area contributed by atoms with E-state index in [9.17, 15) is 14.6 Å². The van der Waals surface area contributed by atoms with Gasteiger partial charge in [0.25, 0.3) is 0 Å². The second-order valence-corrected chi connectivity index (χ2v) is 9.16. The molecule has 4 nitrogen and oxygen atoms in total. The Balaban J connectivity index is 0.00000341. The Labute approximate surface area is 211 Å². The summed E-state index contributed by atoms with van der Waals surface area (Å²) < 4.78 is 20.4. The monoisotopic (exact) mass is 505 g/mol. The zero-order valence-electron chi connectivity index (χ0n) is 18.6. The van der Waals surface area contributed by atoms with Crippen LogP contribution in [0.15, 0.2) is 18.2 Å². The van der Waals surface area contributed by atoms with Gasteiger partial charge in [-0.05, 0) is 42.5 Å². The fraction of sp³-hybridized carbons (Fsp3) is 0.680. The molecule has 3 rings (SSSR count). The topological polar surface area (TPSA) is 54.0 Å². The quantitative estimate of drug-likeness (QED) is 0.339. The summed E-state index contributed by atoms with van der Waals surface area (Å²) in [6.07, 6.45) is 5.50. The molecule has 0 aliphatic heterocycles. The van der Waals surface area contributed by atoms with Crippen molar-refractivity contribution in [3.8, 4) is 0 Å². The van der Waals surface area contributed by atoms with Crippen molar-refractivity contribution in [1.82, 2.24) is 0 Å². The van der Waals surface area contributed by atoms with E-state index >= 15 is 0 Å². The normalized spacial score (nSPS) is 27.7. The van der Waals surface area contributed by atoms with Crippen LogP contribution >= 0.6 is 0 Å². The minimum Gasteiger partial charge on any atom is -0.392 e. The third-order valence-corrected chi connectivity index (χ3v) is 7.19. The Morgan fingerprint density at radius 2 is 2.10 bits per heavy atom. The molecular weight excluding hydrogens is 470 g/mol. The second kappa shape index (κ2) is 12.2. The molecule has 1 aromatic carbocycles. The van der Waals surface area contributed by atoms with Gasteiger partial charge in [-0.25, -0.2) is 11.0 Å². The predicted molar refractivity (Wildman–Crippen MR) is 115 cm³/mol. The van der Waals surface area contributed by atoms with E-state index in [1.165, 1.54) is 12.1 Å². The van der Waals surface area contributed by atoms with Gasteiger partial charge >= 0.3 is 0 Å². The number of benzene rings is 1. The summed E-state index contributed by atoms with van der Waals surface area (Å²) >= 11 is 0. The SMILES string of the molecule is [C-]#[N+][C@@H]1C[C@@H](O)C(c2cc(F)cc(C(O)C3(CCC)CCC3)c2)C1COCCC[CH2-].[Y]. The smallest absolute Gasteiger partial charge is 0.231 e. The molecule has 2 fully saturated rings. The largest absolute Gasteiger partial charge is 0.392 e. The van der Waals surface area contributed by atoms with E-state index in [1.807, 2.05) is 6.07 Å². The predicted octanol–water partition coefficient (Wildman–Crippen LogP) is 5.21. The van der Waals surface area contributed by atoms with Gasteiger partial charge in [-0.1, -0.05) is 32.3 Å². The maximum Gasteiger partial charge on any atom is 0.231 e. The third kappa shape index (κ3) is 5.95. The van der Waals surface area contributed by atoms with E-state index in [0.717, 1.165) is 44.9 Å². The first-order valence-corrected chi connectivity index (χ1v) is 11.4. The maximum atomic E-state index is 14.6. The number of hydrogen-bond acceptors (Lipinski definition) is 3. The van der Waals surface area contributed by atoms with Crippen molar-refractivity contribution in [1.29, 1.82) is 0 Å². The van der Waals surface area contributed by atoms with Gasteiger partial charge in [0.2, 0.25) is 6.04 Å². The van der Waals surface area contributed by atoms with Crippen molar-refractivity contribution < 1.29 is 52.0 Å². The van der Waals surface area contributed by atoms with Gasteiger partial charge < -0.3 is 26.7 Å². The van der Waals surface area contributed by atoms with Crippen LogP contribution in [-0.2, 0) is 37.4 Å². The van der Waals surface area contributed by atoms with Crippen molar-refractivity contribution in [3.63, 3.8) is 0 Å². The van der Waals surface area contributed by atoms with Crippen molar-refractivity contribution in [2.24, 2.45) is 11.3 Å². The van der Waals surface area contributed by atoms with Gasteiger partial charge in [-0.2, -0.15) is 6.42 Å². The molecule has 0 spiro atoms. The number of aliphatic hydroxyl groups is 2. The van der Waals surface area contributed by atoms with Gasteiger partial charge in [-0.3, -0.25) is 0 Å². The summed E-state index contributed by atoms with van der Waals surface area (Å²) in [5.41, 5.74) is 1.09. The molecule has 2 aliphatic carbocycles. The number of ether oxygens (including phenoxy) is 1. The number of rotatable bonds is 10. The minimum atomic E-state index is -0.717. The fourth-order valence-electron chi connectivity index (χ4n) is 5.48. The summed E-state index contributed by atoms with van der Waals surface area (Å²) in [6.45, 7) is 14.4. The van der Waals surface area contributed by atoms with Gasteiger partial charge in [-0.15, -0.1) is 0 Å². The molecule has 2 saturated carbocycles. The fourth-order valence-corrected chi connectivity index (χ4v) is 5.48. The number of halogens is 1. The Kier molecular flexibility index (Phi) is 10.6. The molecule has 5 atom stereocenters. The van der Waals surface area contributed by atoms with E-state index in [1.54, 1.807) is 0 Å². The summed E-state index contributed by atoms with van der Waals surface area (Å²) in [4.78, 5) is 3.71. The number of unbranched alkanes of at least 4 members (excludes halogenated alkanes) is 1. The minimum absolute atomic E-state index is 0. The number of nitrogens with zero attached hydrogens (tertiary/aromatic N) is 1. The van der Waals surface area contributed by atoms with E-state index < -0.39 is 18.0 Å². The Bertz CT molecular complexity index is 749. The summed E-state index contributed by atoms with van der Waals surface area (Å²) in [7, 11) is 0. The standard InChI is InChI=1S/C25H35FNO3.Y/c1-4-6-11-30-16-20-21(27-3)15-22(28)23(20)17-12-18(14-19(26)13-17)24(29)25(8-5-2)9-7-10-25;/h12-14,20-24,28-29H,1,4-11,15-16H2,2H3;/q-1;/t20?,21-,22-,23?,24?;/m1./s1. The molecule has 6 heteroatoms. The van der Waals surface area contributed by atoms with Gasteiger partial charge in [0.15, 0.2) is 0 Å². The summed E-state index contributed by atoms with van der Waals surface area (Å²) in [5.74, 6) is -0.959. The zero-order valence-corrected chi connectivity index (χ0v) is 21.4. The van der Waals surface area contributed by atoms with Crippen LogP contribution in [0.2, 0.25) is 0 Å². The van der Waals surface area contributed by atoms with Crippen LogP contribution in [0.5, 0.6) is 0 Å². The molecule has 2 N–H and O–H groups in total. The Morgan fingerprint density at radius 1 is 1.35 bits per heavy atom. The maximum absolute atomic E-state index is 14.6. The summed E-state index contributed by atoms with van der Waals surface area (Å²) in [5, 5.41) is 21.9. The van der Waals surface area contributed by atoms with Crippen LogP contribution in [0.4, 0.5) is 4.39 Å². The molecule has 1 radical (unpaired) electrons. The van der Waals surface area contributed by atoms with E-state index in [2.05, 4.69) is 18.7 Å². The summed E-state index contributed by atoms with van der Waals surface area (Å²) in [6, 6.07) is 4.39. The average Bonchev–Trinajstić information content (AvgIpc) is 3.02. The van der Waals surface area contributed by atoms with Crippen LogP contribution in [-0.4, -0.2) is 35.6 Å². The first-order valence-electron chi connectivity index (χ1n) is 11.4. The first kappa shape index (κ1) is 26.9. The first-order chi connectivity index (χ1) is 14.5. The molecule has 0 saturated heterocycles. The molecule has 0 bridgehead atoms. The number of aliphatic hydroxyl groups excluding tert-OH is 2. The Hall–Kier alpha value is -0.376. The van der Waals surface area contributed by atoms with Crippen LogP contribution in [0.3, 0.4) is 0 Å². The van der Waals surface area contributed by atoms with Crippen molar-refractivity contribution >= 4 is 0 Å². The van der Waals surface area contributed by atoms with Crippen molar-refractivity contribution in [2.75, 3.05) is 13.2 Å². The van der Waals surface area contributed by atoms with Crippen LogP contribution in [0, 0.1) is 30.6 Å². The molecular formula is C25H35FNO3Y-. The van der Waals surface area contributed by atoms with Crippen LogP contribution in [0.1, 0.15) is 81.4 Å². The molecule has 169 valence electrons. The molecule has 3 unspecified atom stereocenters. The average molecular weight is 505 g/mol. The van der Waals surface area contributed by atoms with Crippen LogP contribution in [0.25, 0.3) is 4.85 Å². The van der Waals surface area contributed by atoms with Crippen molar-refractivity contribution in [3.05, 3.63) is 53.5 Å². The Morgan fingerprint density at radius 3 is 2.68 bits per heavy atom. The van der Waals surface area contributed by atoms with Gasteiger partial charge in [0.05, 0.1) is 24.7 Å². The van der Waals surface area contributed by atoms with Gasteiger partial charge in [0.1, 0.15) is 5.82 Å².